The van der Waals surface area contributed by atoms with Crippen molar-refractivity contribution in [1.29, 1.82) is 10.7 Å². The van der Waals surface area contributed by atoms with Crippen molar-refractivity contribution in [3.8, 4) is 17.4 Å². The second-order valence-electron chi connectivity index (χ2n) is 13.3. The molecule has 0 bridgehead atoms. The molecule has 0 aliphatic heterocycles. The van der Waals surface area contributed by atoms with Gasteiger partial charge in [-0.15, -0.1) is 0 Å². The topological polar surface area (TPSA) is 60.7 Å². The van der Waals surface area contributed by atoms with E-state index in [-0.39, 0.29) is 0 Å². The fraction of sp³-hybridized carbons (Fsp3) is 0. The van der Waals surface area contributed by atoms with E-state index in [0.717, 1.165) is 77.1 Å². The first-order chi connectivity index (χ1) is 26.2. The number of nitrogens with one attached hydrogen (secondary N) is 1. The minimum atomic E-state index is 0.499. The van der Waals surface area contributed by atoms with Gasteiger partial charge in [0.05, 0.1) is 33.3 Å². The number of aromatic nitrogens is 2. The van der Waals surface area contributed by atoms with Gasteiger partial charge in [-0.25, -0.2) is 0 Å². The number of benzene rings is 8. The molecule has 0 atom stereocenters. The summed E-state index contributed by atoms with van der Waals surface area (Å²) in [5.74, 6) is 0. The van der Waals surface area contributed by atoms with Crippen LogP contribution in [-0.4, -0.2) is 15.3 Å². The number of anilines is 3. The van der Waals surface area contributed by atoms with E-state index in [2.05, 4.69) is 154 Å². The lowest BCUT2D eigenvalue weighted by molar-refractivity contribution is 1.13. The lowest BCUT2D eigenvalue weighted by atomic mass is 10.0. The molecule has 0 aliphatic rings. The second-order valence-corrected chi connectivity index (χ2v) is 13.3. The molecule has 0 unspecified atom stereocenters. The van der Waals surface area contributed by atoms with E-state index < -0.39 is 0 Å². The zero-order valence-electron chi connectivity index (χ0n) is 28.6. The van der Waals surface area contributed by atoms with E-state index in [4.69, 9.17) is 5.41 Å². The maximum absolute atomic E-state index is 10.8. The number of hydrogen-bond acceptors (Lipinski definition) is 3. The van der Waals surface area contributed by atoms with Crippen molar-refractivity contribution in [2.45, 2.75) is 0 Å². The van der Waals surface area contributed by atoms with Crippen LogP contribution in [0.2, 0.25) is 0 Å². The smallest absolute Gasteiger partial charge is 0.101 e. The van der Waals surface area contributed by atoms with E-state index in [1.807, 2.05) is 42.5 Å². The summed E-state index contributed by atoms with van der Waals surface area (Å²) >= 11 is 0. The van der Waals surface area contributed by atoms with Gasteiger partial charge < -0.3 is 19.4 Å². The highest BCUT2D eigenvalue weighted by Crippen LogP contribution is 2.43. The Morgan fingerprint density at radius 3 is 1.70 bits per heavy atom. The molecular weight excluding hydrogens is 647 g/mol. The molecule has 8 aromatic carbocycles. The minimum Gasteiger partial charge on any atom is -0.310 e. The van der Waals surface area contributed by atoms with Gasteiger partial charge in [0, 0.05) is 56.1 Å². The van der Waals surface area contributed by atoms with Crippen molar-refractivity contribution in [3.63, 3.8) is 0 Å². The van der Waals surface area contributed by atoms with Crippen LogP contribution in [0.15, 0.2) is 176 Å². The van der Waals surface area contributed by atoms with Crippen LogP contribution in [-0.2, 0) is 0 Å². The van der Waals surface area contributed by atoms with Crippen LogP contribution in [0.25, 0.3) is 65.8 Å². The average molecular weight is 678 g/mol. The Kier molecular flexibility index (Phi) is 6.95. The summed E-state index contributed by atoms with van der Waals surface area (Å²) in [6.45, 7) is 0. The lowest BCUT2D eigenvalue weighted by Crippen LogP contribution is -2.09. The Hall–Kier alpha value is -7.42. The van der Waals surface area contributed by atoms with Gasteiger partial charge >= 0.3 is 0 Å². The molecule has 0 fully saturated rings. The number of nitrogens with zero attached hydrogens (tertiary/aromatic N) is 4. The standard InChI is InChI=1S/C48H31N5/c49-30-33-27-38(28-34(31-50)48(33)53-43-21-11-9-19-40(43)41-20-10-12-22-44(41)53)52-45-26-24-37(51(35-14-3-1-4-15-35)36-16-5-2-6-17-36)29-42(45)47-39-18-8-7-13-32(39)23-25-46(47)52/h1-30,49H. The van der Waals surface area contributed by atoms with Crippen LogP contribution in [0.4, 0.5) is 17.1 Å². The number of para-hydroxylation sites is 4. The van der Waals surface area contributed by atoms with Crippen LogP contribution in [0, 0.1) is 16.7 Å². The first-order valence-electron chi connectivity index (χ1n) is 17.7. The first-order valence-corrected chi connectivity index (χ1v) is 17.7. The molecule has 0 radical (unpaired) electrons. The van der Waals surface area contributed by atoms with Crippen molar-refractivity contribution in [1.82, 2.24) is 9.13 Å². The highest BCUT2D eigenvalue weighted by atomic mass is 15.1. The SMILES string of the molecule is N#Cc1cc(-n2c3ccc(N(c4ccccc4)c4ccccc4)cc3c3c4ccccc4ccc32)cc(C=N)c1-n1c2ccccc2c2ccccc21. The Balaban J connectivity index is 1.26. The molecule has 0 saturated heterocycles. The second kappa shape index (κ2) is 12.1. The Morgan fingerprint density at radius 1 is 0.491 bits per heavy atom. The van der Waals surface area contributed by atoms with Crippen LogP contribution in [0.5, 0.6) is 0 Å². The van der Waals surface area contributed by atoms with Gasteiger partial charge in [0.1, 0.15) is 6.07 Å². The summed E-state index contributed by atoms with van der Waals surface area (Å²) < 4.78 is 4.39. The fourth-order valence-electron chi connectivity index (χ4n) is 8.18. The lowest BCUT2D eigenvalue weighted by Gasteiger charge is -2.25. The Morgan fingerprint density at radius 2 is 1.06 bits per heavy atom. The molecular formula is C48H31N5. The van der Waals surface area contributed by atoms with Gasteiger partial charge in [-0.1, -0.05) is 103 Å². The molecule has 248 valence electrons. The van der Waals surface area contributed by atoms with Crippen molar-refractivity contribution in [3.05, 3.63) is 187 Å². The summed E-state index contributed by atoms with van der Waals surface area (Å²) in [6.07, 6.45) is 1.38. The quantitative estimate of drug-likeness (QED) is 0.178. The van der Waals surface area contributed by atoms with Gasteiger partial charge in [0.25, 0.3) is 0 Å². The normalized spacial score (nSPS) is 11.5. The maximum atomic E-state index is 10.8. The third-order valence-electron chi connectivity index (χ3n) is 10.4. The maximum Gasteiger partial charge on any atom is 0.101 e. The monoisotopic (exact) mass is 677 g/mol. The molecule has 10 rings (SSSR count). The summed E-state index contributed by atoms with van der Waals surface area (Å²) in [5, 5.41) is 26.3. The molecule has 0 saturated carbocycles. The largest absolute Gasteiger partial charge is 0.310 e. The average Bonchev–Trinajstić information content (AvgIpc) is 3.74. The first kappa shape index (κ1) is 30.4. The molecule has 0 amide bonds. The predicted molar refractivity (Wildman–Crippen MR) is 220 cm³/mol. The van der Waals surface area contributed by atoms with Gasteiger partial charge in [-0.2, -0.15) is 5.26 Å². The summed E-state index contributed by atoms with van der Waals surface area (Å²) in [7, 11) is 0. The van der Waals surface area contributed by atoms with Crippen LogP contribution >= 0.6 is 0 Å². The van der Waals surface area contributed by atoms with Gasteiger partial charge in [-0.3, -0.25) is 0 Å². The zero-order chi connectivity index (χ0) is 35.5. The highest BCUT2D eigenvalue weighted by Gasteiger charge is 2.22. The molecule has 2 aromatic heterocycles. The van der Waals surface area contributed by atoms with Crippen LogP contribution in [0.1, 0.15) is 11.1 Å². The Labute approximate surface area is 305 Å². The van der Waals surface area contributed by atoms with Gasteiger partial charge in [0.2, 0.25) is 0 Å². The Bertz CT molecular complexity index is 3000. The van der Waals surface area contributed by atoms with Crippen molar-refractivity contribution in [2.75, 3.05) is 4.90 Å². The van der Waals surface area contributed by atoms with Gasteiger partial charge in [0.15, 0.2) is 0 Å². The number of nitriles is 1. The third-order valence-corrected chi connectivity index (χ3v) is 10.4. The molecule has 53 heavy (non-hydrogen) atoms. The van der Waals surface area contributed by atoms with Crippen molar-refractivity contribution < 1.29 is 0 Å². The summed E-state index contributed by atoms with van der Waals surface area (Å²) in [5.41, 5.74) is 9.93. The summed E-state index contributed by atoms with van der Waals surface area (Å²) in [6, 6.07) is 63.5. The van der Waals surface area contributed by atoms with Crippen molar-refractivity contribution >= 4 is 77.7 Å². The molecule has 5 heteroatoms. The van der Waals surface area contributed by atoms with E-state index in [1.165, 1.54) is 6.21 Å². The minimum absolute atomic E-state index is 0.499. The summed E-state index contributed by atoms with van der Waals surface area (Å²) in [4.78, 5) is 2.29. The fourth-order valence-corrected chi connectivity index (χ4v) is 8.18. The number of rotatable bonds is 6. The number of hydrogen-bond donors (Lipinski definition) is 1. The molecule has 2 heterocycles. The molecule has 0 spiro atoms. The molecule has 10 aromatic rings. The highest BCUT2D eigenvalue weighted by molar-refractivity contribution is 6.22. The predicted octanol–water partition coefficient (Wildman–Crippen LogP) is 12.4. The van der Waals surface area contributed by atoms with Crippen LogP contribution in [0.3, 0.4) is 0 Å². The van der Waals surface area contributed by atoms with E-state index >= 15 is 0 Å². The van der Waals surface area contributed by atoms with Crippen LogP contribution < -0.4 is 4.90 Å². The molecule has 0 aliphatic carbocycles. The van der Waals surface area contributed by atoms with E-state index in [9.17, 15) is 5.26 Å². The van der Waals surface area contributed by atoms with Crippen molar-refractivity contribution in [2.24, 2.45) is 0 Å². The third kappa shape index (κ3) is 4.67. The zero-order valence-corrected chi connectivity index (χ0v) is 28.6. The molecule has 5 nitrogen and oxygen atoms in total. The van der Waals surface area contributed by atoms with E-state index in [1.54, 1.807) is 0 Å². The van der Waals surface area contributed by atoms with E-state index in [0.29, 0.717) is 16.8 Å². The molecule has 1 N–H and O–H groups in total. The van der Waals surface area contributed by atoms with Gasteiger partial charge in [-0.05, 0) is 83.6 Å². The number of fused-ring (bicyclic) bond motifs is 8.